The lowest BCUT2D eigenvalue weighted by molar-refractivity contribution is -0.142. The topological polar surface area (TPSA) is 92.1 Å². The highest BCUT2D eigenvalue weighted by molar-refractivity contribution is 6.32. The first-order chi connectivity index (χ1) is 11.6. The third-order valence-corrected chi connectivity index (χ3v) is 3.13. The van der Waals surface area contributed by atoms with Gasteiger partial charge in [-0.3, -0.25) is 4.79 Å². The van der Waals surface area contributed by atoms with Crippen LogP contribution in [0.5, 0.6) is 0 Å². The fraction of sp³-hybridized carbons (Fsp3) is 0.0588. The van der Waals surface area contributed by atoms with Crippen molar-refractivity contribution in [1.29, 1.82) is 5.26 Å². The molecule has 0 aliphatic carbocycles. The summed E-state index contributed by atoms with van der Waals surface area (Å²) < 4.78 is 4.83. The van der Waals surface area contributed by atoms with Gasteiger partial charge < -0.3 is 10.1 Å². The van der Waals surface area contributed by atoms with Gasteiger partial charge in [0.2, 0.25) is 0 Å². The number of esters is 1. The summed E-state index contributed by atoms with van der Waals surface area (Å²) in [5, 5.41) is 11.3. The molecule has 1 aromatic heterocycles. The quantitative estimate of drug-likeness (QED) is 0.513. The van der Waals surface area contributed by atoms with Crippen LogP contribution in [0.4, 0.5) is 5.69 Å². The van der Waals surface area contributed by atoms with Crippen molar-refractivity contribution in [2.45, 2.75) is 0 Å². The van der Waals surface area contributed by atoms with Crippen molar-refractivity contribution in [2.24, 2.45) is 0 Å². The molecule has 2 rings (SSSR count). The minimum atomic E-state index is -0.660. The molecule has 0 unspecified atom stereocenters. The second kappa shape index (κ2) is 8.46. The van der Waals surface area contributed by atoms with Crippen LogP contribution in [0.15, 0.2) is 48.7 Å². The van der Waals surface area contributed by atoms with E-state index in [0.717, 1.165) is 5.56 Å². The average Bonchev–Trinajstić information content (AvgIpc) is 2.60. The molecule has 6 nitrogen and oxygen atoms in total. The second-order valence-electron chi connectivity index (χ2n) is 4.56. The van der Waals surface area contributed by atoms with Crippen molar-refractivity contribution in [3.05, 3.63) is 65.0 Å². The zero-order valence-corrected chi connectivity index (χ0v) is 13.2. The molecule has 0 atom stereocenters. The van der Waals surface area contributed by atoms with Gasteiger partial charge in [-0.2, -0.15) is 5.26 Å². The molecule has 1 N–H and O–H groups in total. The molecule has 2 aromatic rings. The number of amides is 1. The van der Waals surface area contributed by atoms with Crippen LogP contribution in [0, 0.1) is 11.3 Å². The Kier molecular flexibility index (Phi) is 6.06. The highest BCUT2D eigenvalue weighted by atomic mass is 35.5. The minimum absolute atomic E-state index is 0.151. The molecule has 0 bridgehead atoms. The minimum Gasteiger partial charge on any atom is -0.452 e. The molecule has 1 amide bonds. The van der Waals surface area contributed by atoms with Crippen molar-refractivity contribution in [3.63, 3.8) is 0 Å². The van der Waals surface area contributed by atoms with Gasteiger partial charge in [0.05, 0.1) is 17.3 Å². The number of hydrogen-bond donors (Lipinski definition) is 1. The number of carbonyl (C=O) groups excluding carboxylic acids is 2. The number of ether oxygens (including phenoxy) is 1. The number of nitriles is 1. The van der Waals surface area contributed by atoms with E-state index in [1.807, 2.05) is 6.07 Å². The van der Waals surface area contributed by atoms with E-state index in [0.29, 0.717) is 11.3 Å². The SMILES string of the molecule is N#Cc1ccc(/C=C/C(=O)OCC(=O)Nc2cccnc2Cl)cc1. The van der Waals surface area contributed by atoms with Crippen molar-refractivity contribution in [2.75, 3.05) is 11.9 Å². The average molecular weight is 342 g/mol. The highest BCUT2D eigenvalue weighted by Crippen LogP contribution is 2.17. The van der Waals surface area contributed by atoms with E-state index in [1.165, 1.54) is 18.3 Å². The number of rotatable bonds is 5. The lowest BCUT2D eigenvalue weighted by Gasteiger charge is -2.06. The predicted molar refractivity (Wildman–Crippen MR) is 89.0 cm³/mol. The summed E-state index contributed by atoms with van der Waals surface area (Å²) in [5.41, 5.74) is 1.60. The van der Waals surface area contributed by atoms with E-state index in [9.17, 15) is 9.59 Å². The number of nitrogens with one attached hydrogen (secondary N) is 1. The summed E-state index contributed by atoms with van der Waals surface area (Å²) in [4.78, 5) is 27.1. The first-order valence-electron chi connectivity index (χ1n) is 6.84. The maximum atomic E-state index is 11.7. The molecule has 0 fully saturated rings. The van der Waals surface area contributed by atoms with Gasteiger partial charge in [0, 0.05) is 12.3 Å². The fourth-order valence-corrected chi connectivity index (χ4v) is 1.85. The molecule has 0 radical (unpaired) electrons. The molecule has 120 valence electrons. The molecule has 24 heavy (non-hydrogen) atoms. The number of aromatic nitrogens is 1. The third kappa shape index (κ3) is 5.23. The monoisotopic (exact) mass is 341 g/mol. The number of pyridine rings is 1. The number of nitrogens with zero attached hydrogens (tertiary/aromatic N) is 2. The number of carbonyl (C=O) groups is 2. The predicted octanol–water partition coefficient (Wildman–Crippen LogP) is 2.80. The van der Waals surface area contributed by atoms with Gasteiger partial charge in [-0.15, -0.1) is 0 Å². The lowest BCUT2D eigenvalue weighted by atomic mass is 10.1. The summed E-state index contributed by atoms with van der Waals surface area (Å²) in [7, 11) is 0. The lowest BCUT2D eigenvalue weighted by Crippen LogP contribution is -2.20. The molecule has 0 saturated heterocycles. The number of hydrogen-bond acceptors (Lipinski definition) is 5. The summed E-state index contributed by atoms with van der Waals surface area (Å²) in [6.45, 7) is -0.443. The van der Waals surface area contributed by atoms with E-state index < -0.39 is 18.5 Å². The van der Waals surface area contributed by atoms with E-state index >= 15 is 0 Å². The highest BCUT2D eigenvalue weighted by Gasteiger charge is 2.08. The largest absolute Gasteiger partial charge is 0.452 e. The van der Waals surface area contributed by atoms with Gasteiger partial charge in [0.15, 0.2) is 11.8 Å². The van der Waals surface area contributed by atoms with Gasteiger partial charge in [-0.05, 0) is 35.9 Å². The molecule has 0 spiro atoms. The standard InChI is InChI=1S/C17H12ClN3O3/c18-17-14(2-1-9-20-17)21-15(22)11-24-16(23)8-7-12-3-5-13(10-19)6-4-12/h1-9H,11H2,(H,21,22)/b8-7+. The zero-order chi connectivity index (χ0) is 17.4. The van der Waals surface area contributed by atoms with Gasteiger partial charge in [0.1, 0.15) is 0 Å². The van der Waals surface area contributed by atoms with Crippen LogP contribution in [0.1, 0.15) is 11.1 Å². The van der Waals surface area contributed by atoms with Crippen molar-refractivity contribution < 1.29 is 14.3 Å². The van der Waals surface area contributed by atoms with Crippen LogP contribution in [-0.2, 0) is 14.3 Å². The van der Waals surface area contributed by atoms with Crippen LogP contribution in [0.2, 0.25) is 5.15 Å². The Morgan fingerprint density at radius 1 is 1.29 bits per heavy atom. The van der Waals surface area contributed by atoms with Crippen LogP contribution >= 0.6 is 11.6 Å². The Morgan fingerprint density at radius 3 is 2.71 bits per heavy atom. The zero-order valence-electron chi connectivity index (χ0n) is 12.4. The van der Waals surface area contributed by atoms with Crippen LogP contribution in [-0.4, -0.2) is 23.5 Å². The molecular weight excluding hydrogens is 330 g/mol. The summed E-state index contributed by atoms with van der Waals surface area (Å²) in [6, 6.07) is 11.9. The van der Waals surface area contributed by atoms with E-state index in [4.69, 9.17) is 21.6 Å². The Balaban J connectivity index is 1.82. The van der Waals surface area contributed by atoms with Gasteiger partial charge in [0.25, 0.3) is 5.91 Å². The third-order valence-electron chi connectivity index (χ3n) is 2.83. The first-order valence-corrected chi connectivity index (χ1v) is 7.21. The molecule has 0 aliphatic rings. The first kappa shape index (κ1) is 17.2. The normalized spacial score (nSPS) is 10.2. The number of halogens is 1. The molecule has 0 aliphatic heterocycles. The van der Waals surface area contributed by atoms with Crippen LogP contribution in [0.3, 0.4) is 0 Å². The summed E-state index contributed by atoms with van der Waals surface area (Å²) >= 11 is 5.81. The smallest absolute Gasteiger partial charge is 0.331 e. The van der Waals surface area contributed by atoms with E-state index in [1.54, 1.807) is 36.4 Å². The van der Waals surface area contributed by atoms with Crippen molar-refractivity contribution >= 4 is 35.2 Å². The molecule has 7 heteroatoms. The maximum absolute atomic E-state index is 11.7. The molecule has 1 heterocycles. The Morgan fingerprint density at radius 2 is 2.04 bits per heavy atom. The number of benzene rings is 1. The van der Waals surface area contributed by atoms with Crippen LogP contribution < -0.4 is 5.32 Å². The summed E-state index contributed by atoms with van der Waals surface area (Å²) in [6.07, 6.45) is 4.22. The van der Waals surface area contributed by atoms with Crippen molar-refractivity contribution in [3.8, 4) is 6.07 Å². The van der Waals surface area contributed by atoms with Crippen LogP contribution in [0.25, 0.3) is 6.08 Å². The van der Waals surface area contributed by atoms with Gasteiger partial charge in [-0.1, -0.05) is 23.7 Å². The van der Waals surface area contributed by atoms with Gasteiger partial charge >= 0.3 is 5.97 Å². The van der Waals surface area contributed by atoms with E-state index in [-0.39, 0.29) is 5.15 Å². The second-order valence-corrected chi connectivity index (χ2v) is 4.92. The Labute approximate surface area is 143 Å². The molecule has 1 aromatic carbocycles. The van der Waals surface area contributed by atoms with Gasteiger partial charge in [-0.25, -0.2) is 9.78 Å². The van der Waals surface area contributed by atoms with E-state index in [2.05, 4.69) is 10.3 Å². The van der Waals surface area contributed by atoms with Crippen molar-refractivity contribution in [1.82, 2.24) is 4.98 Å². The Hall–Kier alpha value is -3.17. The Bertz CT molecular complexity index is 811. The summed E-state index contributed by atoms with van der Waals surface area (Å²) in [5.74, 6) is -1.18. The maximum Gasteiger partial charge on any atom is 0.331 e. The number of anilines is 1. The molecular formula is C17H12ClN3O3. The fourth-order valence-electron chi connectivity index (χ4n) is 1.68. The molecule has 0 saturated carbocycles.